The molecule has 0 atom stereocenters. The first-order valence-electron chi connectivity index (χ1n) is 0. The van der Waals surface area contributed by atoms with E-state index in [0.29, 0.717) is 0 Å². The SMILES string of the molecule is [Ce].[Co].[KH].[Zn]. The largest absolute Gasteiger partial charge is 0 e. The van der Waals surface area contributed by atoms with Crippen LogP contribution in [0.1, 0.15) is 0 Å². The maximum atomic E-state index is 0. The summed E-state index contributed by atoms with van der Waals surface area (Å²) < 4.78 is 0. The number of rotatable bonds is 0. The molecule has 0 amide bonds. The second-order valence-electron chi connectivity index (χ2n) is 0. The van der Waals surface area contributed by atoms with Gasteiger partial charge in [0, 0.05) is 78.0 Å². The van der Waals surface area contributed by atoms with E-state index < -0.39 is 0 Å². The van der Waals surface area contributed by atoms with Gasteiger partial charge in [-0.25, -0.2) is 0 Å². The number of hydrogen-bond acceptors (Lipinski definition) is 0. The first-order valence-corrected chi connectivity index (χ1v) is 0. The van der Waals surface area contributed by atoms with Crippen LogP contribution < -0.4 is 0 Å². The van der Waals surface area contributed by atoms with Gasteiger partial charge in [-0.1, -0.05) is 0 Å². The maximum Gasteiger partial charge on any atom is 0 e. The van der Waals surface area contributed by atoms with Gasteiger partial charge in [-0.05, 0) is 0 Å². The molecule has 0 aromatic carbocycles. The van der Waals surface area contributed by atoms with E-state index in [0.717, 1.165) is 0 Å². The molecule has 0 aromatic heterocycles. The Balaban J connectivity index is 0. The van der Waals surface area contributed by atoms with Gasteiger partial charge in [-0.2, -0.15) is 0 Å². The quantitative estimate of drug-likeness (QED) is 0.522. The summed E-state index contributed by atoms with van der Waals surface area (Å²) in [5.74, 6) is 0. The molecule has 0 saturated heterocycles. The van der Waals surface area contributed by atoms with Crippen LogP contribution >= 0.6 is 0 Å². The molecule has 0 aliphatic rings. The Morgan fingerprint density at radius 2 is 1.00 bits per heavy atom. The van der Waals surface area contributed by atoms with E-state index >= 15 is 0 Å². The van der Waals surface area contributed by atoms with E-state index in [2.05, 4.69) is 0 Å². The average molecular weight is 305 g/mol. The van der Waals surface area contributed by atoms with Crippen LogP contribution in [0.15, 0.2) is 0 Å². The van der Waals surface area contributed by atoms with Gasteiger partial charge < -0.3 is 0 Å². The van der Waals surface area contributed by atoms with Crippen molar-refractivity contribution in [3.05, 3.63) is 0 Å². The summed E-state index contributed by atoms with van der Waals surface area (Å²) in [6.45, 7) is 0. The van der Waals surface area contributed by atoms with Crippen LogP contribution in [0, 0.1) is 41.7 Å². The second-order valence-corrected chi connectivity index (χ2v) is 0. The molecule has 4 heteroatoms. The van der Waals surface area contributed by atoms with Gasteiger partial charge in [0.1, 0.15) is 0 Å². The zero-order valence-corrected chi connectivity index (χ0v) is 8.69. The Kier molecular flexibility index (Phi) is 95.0. The monoisotopic (exact) mass is 303 g/mol. The summed E-state index contributed by atoms with van der Waals surface area (Å²) in [4.78, 5) is 0. The fourth-order valence-electron chi connectivity index (χ4n) is 0. The van der Waals surface area contributed by atoms with Crippen molar-refractivity contribution in [2.75, 3.05) is 0 Å². The molecule has 1 radical (unpaired) electrons. The third kappa shape index (κ3) is 9.47. The van der Waals surface area contributed by atoms with Gasteiger partial charge in [0.05, 0.1) is 0 Å². The van der Waals surface area contributed by atoms with Crippen LogP contribution in [0.5, 0.6) is 0 Å². The van der Waals surface area contributed by atoms with Gasteiger partial charge >= 0.3 is 51.4 Å². The summed E-state index contributed by atoms with van der Waals surface area (Å²) in [6.07, 6.45) is 0. The second kappa shape index (κ2) is 15.7. The summed E-state index contributed by atoms with van der Waals surface area (Å²) >= 11 is 0. The molecule has 0 bridgehead atoms. The van der Waals surface area contributed by atoms with E-state index in [-0.39, 0.29) is 129 Å². The first kappa shape index (κ1) is 24.2. The van der Waals surface area contributed by atoms with Crippen LogP contribution in [0.3, 0.4) is 0 Å². The fourth-order valence-corrected chi connectivity index (χ4v) is 0. The smallest absolute Gasteiger partial charge is 0 e. The fraction of sp³-hybridized carbons (Fsp3) is 0. The van der Waals surface area contributed by atoms with E-state index in [9.17, 15) is 0 Å². The molecule has 4 heavy (non-hydrogen) atoms. The van der Waals surface area contributed by atoms with E-state index in [1.165, 1.54) is 0 Å². The van der Waals surface area contributed by atoms with Crippen LogP contribution in [0.2, 0.25) is 0 Å². The Bertz CT molecular complexity index is 8.00. The Morgan fingerprint density at radius 1 is 1.00 bits per heavy atom. The molecule has 0 aliphatic heterocycles. The van der Waals surface area contributed by atoms with Crippen LogP contribution in [-0.4, -0.2) is 51.4 Å². The van der Waals surface area contributed by atoms with Crippen molar-refractivity contribution >= 4 is 51.4 Å². The first-order chi connectivity index (χ1) is 0. The molecule has 0 N–H and O–H groups in total. The van der Waals surface area contributed by atoms with Crippen LogP contribution in [0.25, 0.3) is 0 Å². The Labute approximate surface area is 125 Å². The molecule has 0 unspecified atom stereocenters. The predicted molar refractivity (Wildman–Crippen MR) is 7.15 cm³/mol. The summed E-state index contributed by atoms with van der Waals surface area (Å²) in [5.41, 5.74) is 0. The summed E-state index contributed by atoms with van der Waals surface area (Å²) in [6, 6.07) is 0. The molecular weight excluding hydrogens is 304 g/mol. The topological polar surface area (TPSA) is 0 Å². The third-order valence-electron chi connectivity index (χ3n) is 0. The predicted octanol–water partition coefficient (Wildman–Crippen LogP) is -0.653. The van der Waals surface area contributed by atoms with Crippen molar-refractivity contribution < 1.29 is 78.0 Å². The molecule has 0 aromatic rings. The Hall–Kier alpha value is 4.14. The molecule has 0 spiro atoms. The molecular formula is HCeCoKZn. The average Bonchev–Trinajstić information content (AvgIpc) is 0. The zero-order chi connectivity index (χ0) is 0. The molecule has 17 valence electrons. The number of hydrogen-bond donors (Lipinski definition) is 0. The van der Waals surface area contributed by atoms with Crippen LogP contribution in [0.4, 0.5) is 0 Å². The van der Waals surface area contributed by atoms with Crippen molar-refractivity contribution in [1.29, 1.82) is 0 Å². The van der Waals surface area contributed by atoms with Gasteiger partial charge in [-0.15, -0.1) is 0 Å². The van der Waals surface area contributed by atoms with Crippen molar-refractivity contribution in [2.24, 2.45) is 0 Å². The normalized spacial score (nSPS) is 0. The molecule has 0 aliphatic carbocycles. The maximum absolute atomic E-state index is 0. The van der Waals surface area contributed by atoms with E-state index in [1.807, 2.05) is 0 Å². The molecule has 0 nitrogen and oxygen atoms in total. The van der Waals surface area contributed by atoms with Crippen molar-refractivity contribution in [2.45, 2.75) is 0 Å². The molecule has 0 rings (SSSR count). The van der Waals surface area contributed by atoms with Gasteiger partial charge in [0.15, 0.2) is 0 Å². The van der Waals surface area contributed by atoms with Crippen molar-refractivity contribution in [3.8, 4) is 0 Å². The van der Waals surface area contributed by atoms with Crippen molar-refractivity contribution in [1.82, 2.24) is 0 Å². The Morgan fingerprint density at radius 3 is 1.00 bits per heavy atom. The van der Waals surface area contributed by atoms with Crippen molar-refractivity contribution in [3.63, 3.8) is 0 Å². The summed E-state index contributed by atoms with van der Waals surface area (Å²) in [5, 5.41) is 0. The molecule has 0 fully saturated rings. The third-order valence-corrected chi connectivity index (χ3v) is 0. The van der Waals surface area contributed by atoms with Gasteiger partial charge in [-0.3, -0.25) is 0 Å². The van der Waals surface area contributed by atoms with Crippen LogP contribution in [-0.2, 0) is 36.3 Å². The minimum atomic E-state index is 0. The minimum absolute atomic E-state index is 0. The van der Waals surface area contributed by atoms with E-state index in [4.69, 9.17) is 0 Å². The standard InChI is InChI=1S/Ce.Co.K.Zn.H. The molecule has 0 heterocycles. The van der Waals surface area contributed by atoms with Gasteiger partial charge in [0.2, 0.25) is 0 Å². The molecule has 0 saturated carbocycles. The minimum Gasteiger partial charge on any atom is 0 e. The zero-order valence-electron chi connectivity index (χ0n) is 1.54. The van der Waals surface area contributed by atoms with E-state index in [1.54, 1.807) is 0 Å². The summed E-state index contributed by atoms with van der Waals surface area (Å²) in [7, 11) is 0. The van der Waals surface area contributed by atoms with Gasteiger partial charge in [0.25, 0.3) is 0 Å².